The van der Waals surface area contributed by atoms with Crippen molar-refractivity contribution in [3.8, 4) is 0 Å². The van der Waals surface area contributed by atoms with Gasteiger partial charge in [-0.05, 0) is 12.0 Å². The Morgan fingerprint density at radius 2 is 2.44 bits per heavy atom. The van der Waals surface area contributed by atoms with Gasteiger partial charge in [0, 0.05) is 13.0 Å². The van der Waals surface area contributed by atoms with E-state index in [1.807, 2.05) is 7.85 Å². The highest BCUT2D eigenvalue weighted by molar-refractivity contribution is 6.22. The van der Waals surface area contributed by atoms with E-state index in [9.17, 15) is 4.79 Å². The second-order valence-corrected chi connectivity index (χ2v) is 2.38. The van der Waals surface area contributed by atoms with Gasteiger partial charge in [0.25, 0.3) is 0 Å². The Labute approximate surface area is 55.9 Å². The van der Waals surface area contributed by atoms with Gasteiger partial charge in [0.15, 0.2) is 7.85 Å². The van der Waals surface area contributed by atoms with E-state index in [4.69, 9.17) is 0 Å². The predicted octanol–water partition coefficient (Wildman–Crippen LogP) is -0.287. The zero-order valence-corrected chi connectivity index (χ0v) is 5.68. The molecule has 1 saturated heterocycles. The van der Waals surface area contributed by atoms with Crippen LogP contribution in [0.2, 0.25) is 0 Å². The first-order valence-electron chi connectivity index (χ1n) is 3.17. The van der Waals surface area contributed by atoms with E-state index in [0.717, 1.165) is 18.6 Å². The minimum Gasteiger partial charge on any atom is -0.326 e. The Balaban J connectivity index is 2.60. The highest BCUT2D eigenvalue weighted by Gasteiger charge is 2.19. The van der Waals surface area contributed by atoms with Gasteiger partial charge in [-0.3, -0.25) is 4.79 Å². The predicted molar refractivity (Wildman–Crippen MR) is 38.6 cm³/mol. The highest BCUT2D eigenvalue weighted by Crippen LogP contribution is 2.12. The molecule has 0 atom stereocenters. The quantitative estimate of drug-likeness (QED) is 0.439. The van der Waals surface area contributed by atoms with Crippen molar-refractivity contribution in [2.75, 3.05) is 6.54 Å². The lowest BCUT2D eigenvalue weighted by Gasteiger charge is -2.13. The summed E-state index contributed by atoms with van der Waals surface area (Å²) < 4.78 is 0. The zero-order chi connectivity index (χ0) is 6.85. The molecule has 1 fully saturated rings. The molecule has 1 rings (SSSR count). The van der Waals surface area contributed by atoms with Crippen LogP contribution in [0.1, 0.15) is 12.8 Å². The molecule has 0 bridgehead atoms. The third-order valence-corrected chi connectivity index (χ3v) is 1.53. The molecular weight excluding hydrogens is 113 g/mol. The highest BCUT2D eigenvalue weighted by atomic mass is 16.2. The monoisotopic (exact) mass is 123 g/mol. The van der Waals surface area contributed by atoms with Gasteiger partial charge in [0.05, 0.1) is 0 Å². The first kappa shape index (κ1) is 6.40. The summed E-state index contributed by atoms with van der Waals surface area (Å²) in [5.74, 6) is 0.225. The molecule has 0 N–H and O–H groups in total. The lowest BCUT2D eigenvalue weighted by Crippen LogP contribution is -2.23. The minimum atomic E-state index is 0.225. The molecule has 9 heavy (non-hydrogen) atoms. The molecule has 0 aliphatic carbocycles. The van der Waals surface area contributed by atoms with E-state index >= 15 is 0 Å². The number of carbonyl (C=O) groups is 1. The second-order valence-electron chi connectivity index (χ2n) is 2.38. The van der Waals surface area contributed by atoms with Crippen LogP contribution in [0.3, 0.4) is 0 Å². The Bertz CT molecular complexity index is 155. The Morgan fingerprint density at radius 1 is 1.78 bits per heavy atom. The maximum absolute atomic E-state index is 10.9. The summed E-state index contributed by atoms with van der Waals surface area (Å²) in [6.45, 7) is 4.56. The van der Waals surface area contributed by atoms with Crippen molar-refractivity contribution in [2.45, 2.75) is 12.8 Å². The third-order valence-electron chi connectivity index (χ3n) is 1.53. The van der Waals surface area contributed by atoms with Crippen molar-refractivity contribution in [3.05, 3.63) is 12.2 Å². The van der Waals surface area contributed by atoms with Crippen molar-refractivity contribution in [3.63, 3.8) is 0 Å². The summed E-state index contributed by atoms with van der Waals surface area (Å²) in [5, 5.41) is 0. The first-order valence-corrected chi connectivity index (χ1v) is 3.17. The number of likely N-dealkylation sites (tertiary alicyclic amines) is 1. The Morgan fingerprint density at radius 3 is 2.67 bits per heavy atom. The van der Waals surface area contributed by atoms with Crippen molar-refractivity contribution < 1.29 is 4.79 Å². The number of rotatable bonds is 1. The van der Waals surface area contributed by atoms with E-state index < -0.39 is 0 Å². The summed E-state index contributed by atoms with van der Waals surface area (Å²) in [6.07, 6.45) is 1.69. The van der Waals surface area contributed by atoms with Crippen molar-refractivity contribution >= 4 is 13.8 Å². The molecule has 0 aromatic rings. The molecule has 1 heterocycles. The number of amides is 1. The summed E-state index contributed by atoms with van der Waals surface area (Å²) in [6, 6.07) is 0. The smallest absolute Gasteiger partial charge is 0.226 e. The van der Waals surface area contributed by atoms with Crippen LogP contribution in [0.5, 0.6) is 0 Å². The molecule has 1 aliphatic rings. The third kappa shape index (κ3) is 1.15. The van der Waals surface area contributed by atoms with Gasteiger partial charge >= 0.3 is 0 Å². The lowest BCUT2D eigenvalue weighted by atomic mass is 10.1. The topological polar surface area (TPSA) is 20.3 Å². The molecule has 0 radical (unpaired) electrons. The fraction of sp³-hybridized carbons (Fsp3) is 0.500. The van der Waals surface area contributed by atoms with Crippen LogP contribution in [0.15, 0.2) is 12.2 Å². The average molecular weight is 123 g/mol. The van der Waals surface area contributed by atoms with E-state index in [2.05, 4.69) is 6.58 Å². The fourth-order valence-electron chi connectivity index (χ4n) is 1.05. The molecule has 1 aliphatic heterocycles. The molecule has 2 nitrogen and oxygen atoms in total. The van der Waals surface area contributed by atoms with Gasteiger partial charge in [0.1, 0.15) is 0 Å². The van der Waals surface area contributed by atoms with Gasteiger partial charge in [-0.15, -0.1) is 0 Å². The molecule has 0 saturated carbocycles. The molecule has 1 amide bonds. The maximum atomic E-state index is 10.9. The van der Waals surface area contributed by atoms with Crippen LogP contribution < -0.4 is 0 Å². The summed E-state index contributed by atoms with van der Waals surface area (Å²) >= 11 is 0. The summed E-state index contributed by atoms with van der Waals surface area (Å²) in [4.78, 5) is 12.6. The van der Waals surface area contributed by atoms with E-state index in [0.29, 0.717) is 6.42 Å². The van der Waals surface area contributed by atoms with Crippen molar-refractivity contribution in [1.29, 1.82) is 0 Å². The van der Waals surface area contributed by atoms with Crippen LogP contribution in [-0.2, 0) is 4.79 Å². The molecule has 48 valence electrons. The molecule has 0 aromatic heterocycles. The zero-order valence-electron chi connectivity index (χ0n) is 5.68. The average Bonchev–Trinajstić information content (AvgIpc) is 2.13. The second kappa shape index (κ2) is 2.25. The van der Waals surface area contributed by atoms with Crippen LogP contribution >= 0.6 is 0 Å². The molecule has 0 aromatic carbocycles. The van der Waals surface area contributed by atoms with Crippen LogP contribution in [0.25, 0.3) is 0 Å². The van der Waals surface area contributed by atoms with E-state index in [1.54, 1.807) is 4.90 Å². The van der Waals surface area contributed by atoms with Crippen LogP contribution in [0, 0.1) is 0 Å². The standard InChI is InChI=1S/C6H10BNO/c1-5(7)8-4-2-3-6(8)9/h1-4,7H2. The number of hydrogen-bond donors (Lipinski definition) is 0. The number of hydrogen-bond acceptors (Lipinski definition) is 1. The molecular formula is C6H10BNO. The van der Waals surface area contributed by atoms with E-state index in [1.165, 1.54) is 0 Å². The van der Waals surface area contributed by atoms with Gasteiger partial charge in [-0.25, -0.2) is 0 Å². The summed E-state index contributed by atoms with van der Waals surface area (Å²) in [7, 11) is 1.86. The van der Waals surface area contributed by atoms with Gasteiger partial charge in [-0.1, -0.05) is 6.58 Å². The van der Waals surface area contributed by atoms with Crippen molar-refractivity contribution in [1.82, 2.24) is 4.90 Å². The Hall–Kier alpha value is -0.725. The molecule has 0 unspecified atom stereocenters. The summed E-state index contributed by atoms with van der Waals surface area (Å²) in [5.41, 5.74) is 0.873. The van der Waals surface area contributed by atoms with Crippen molar-refractivity contribution in [2.24, 2.45) is 0 Å². The largest absolute Gasteiger partial charge is 0.326 e. The van der Waals surface area contributed by atoms with Crippen LogP contribution in [-0.4, -0.2) is 25.2 Å². The normalized spacial score (nSPS) is 18.7. The van der Waals surface area contributed by atoms with E-state index in [-0.39, 0.29) is 5.91 Å². The maximum Gasteiger partial charge on any atom is 0.226 e. The van der Waals surface area contributed by atoms with Gasteiger partial charge in [0.2, 0.25) is 5.91 Å². The van der Waals surface area contributed by atoms with Gasteiger partial charge < -0.3 is 4.90 Å². The Kier molecular flexibility index (Phi) is 1.60. The van der Waals surface area contributed by atoms with Gasteiger partial charge in [-0.2, -0.15) is 0 Å². The minimum absolute atomic E-state index is 0.225. The molecule has 0 spiro atoms. The molecule has 3 heteroatoms. The fourth-order valence-corrected chi connectivity index (χ4v) is 1.05. The first-order chi connectivity index (χ1) is 4.22. The number of nitrogens with zero attached hydrogens (tertiary/aromatic N) is 1. The number of carbonyl (C=O) groups excluding carboxylic acids is 1. The SMILES string of the molecule is BC(=C)N1CCCC1=O. The van der Waals surface area contributed by atoms with Crippen LogP contribution in [0.4, 0.5) is 0 Å². The lowest BCUT2D eigenvalue weighted by molar-refractivity contribution is -0.125.